The summed E-state index contributed by atoms with van der Waals surface area (Å²) >= 11 is 0. The molecule has 0 fully saturated rings. The largest absolute Gasteiger partial charge is 0.481 e. The van der Waals surface area contributed by atoms with E-state index in [4.69, 9.17) is 9.84 Å². The summed E-state index contributed by atoms with van der Waals surface area (Å²) in [7, 11) is 0. The number of hydrogen-bond donors (Lipinski definition) is 1. The Morgan fingerprint density at radius 2 is 1.77 bits per heavy atom. The molecule has 3 nitrogen and oxygen atoms in total. The van der Waals surface area contributed by atoms with Crippen molar-refractivity contribution in [3.63, 3.8) is 0 Å². The van der Waals surface area contributed by atoms with Crippen LogP contribution in [0.15, 0.2) is 36.8 Å². The Kier molecular flexibility index (Phi) is 7.59. The van der Waals surface area contributed by atoms with Gasteiger partial charge in [0.1, 0.15) is 0 Å². The molecule has 0 saturated heterocycles. The van der Waals surface area contributed by atoms with E-state index in [1.165, 1.54) is 0 Å². The van der Waals surface area contributed by atoms with Crippen molar-refractivity contribution in [2.24, 2.45) is 0 Å². The van der Waals surface area contributed by atoms with Crippen LogP contribution in [-0.2, 0) is 9.53 Å². The summed E-state index contributed by atoms with van der Waals surface area (Å²) in [5, 5.41) is 7.91. The van der Waals surface area contributed by atoms with Crippen molar-refractivity contribution in [2.75, 3.05) is 0 Å². The number of rotatable bonds is 2. The molecule has 1 aliphatic heterocycles. The molecule has 0 bridgehead atoms. The van der Waals surface area contributed by atoms with Gasteiger partial charge in [0, 0.05) is 6.42 Å². The first-order valence-corrected chi connectivity index (χ1v) is 4.13. The molecule has 0 aromatic heterocycles. The topological polar surface area (TPSA) is 46.5 Å². The average Bonchev–Trinajstić information content (AvgIpc) is 2.35. The van der Waals surface area contributed by atoms with E-state index in [1.807, 2.05) is 31.2 Å². The maximum absolute atomic E-state index is 9.60. The fourth-order valence-corrected chi connectivity index (χ4v) is 0.569. The second-order valence-electron chi connectivity index (χ2n) is 2.32. The molecule has 0 aromatic carbocycles. The summed E-state index contributed by atoms with van der Waals surface area (Å²) in [4.78, 5) is 9.60. The van der Waals surface area contributed by atoms with Gasteiger partial charge in [0.2, 0.25) is 0 Å². The Hall–Kier alpha value is -1.51. The van der Waals surface area contributed by atoms with Crippen LogP contribution in [0, 0.1) is 0 Å². The quantitative estimate of drug-likeness (QED) is 0.713. The van der Waals surface area contributed by atoms with Gasteiger partial charge in [-0.3, -0.25) is 4.79 Å². The Morgan fingerprint density at radius 1 is 1.23 bits per heavy atom. The molecule has 0 spiro atoms. The second-order valence-corrected chi connectivity index (χ2v) is 2.32. The molecule has 1 N–H and O–H groups in total. The van der Waals surface area contributed by atoms with E-state index in [0.29, 0.717) is 6.42 Å². The van der Waals surface area contributed by atoms with Crippen LogP contribution < -0.4 is 0 Å². The minimum atomic E-state index is -0.711. The number of hydrogen-bond acceptors (Lipinski definition) is 2. The maximum Gasteiger partial charge on any atom is 0.303 e. The molecule has 0 amide bonds. The molecule has 1 heterocycles. The van der Waals surface area contributed by atoms with E-state index < -0.39 is 5.97 Å². The van der Waals surface area contributed by atoms with Gasteiger partial charge in [0.05, 0.1) is 12.5 Å². The van der Waals surface area contributed by atoms with E-state index in [2.05, 4.69) is 0 Å². The SMILES string of the molecule is C1=CC=COC=C1.CCCC(=O)O. The van der Waals surface area contributed by atoms with Crippen LogP contribution in [0.2, 0.25) is 0 Å². The summed E-state index contributed by atoms with van der Waals surface area (Å²) in [5.41, 5.74) is 0. The minimum absolute atomic E-state index is 0.292. The van der Waals surface area contributed by atoms with Gasteiger partial charge in [-0.2, -0.15) is 0 Å². The van der Waals surface area contributed by atoms with E-state index in [-0.39, 0.29) is 0 Å². The Bertz CT molecular complexity index is 200. The molecule has 13 heavy (non-hydrogen) atoms. The number of carboxylic acid groups (broad SMARTS) is 1. The summed E-state index contributed by atoms with van der Waals surface area (Å²) in [5.74, 6) is -0.711. The van der Waals surface area contributed by atoms with Crippen molar-refractivity contribution in [3.05, 3.63) is 36.8 Å². The van der Waals surface area contributed by atoms with Crippen molar-refractivity contribution < 1.29 is 14.6 Å². The van der Waals surface area contributed by atoms with Crippen molar-refractivity contribution in [1.82, 2.24) is 0 Å². The molecule has 1 rings (SSSR count). The molecule has 0 saturated carbocycles. The van der Waals surface area contributed by atoms with Crippen LogP contribution in [0.5, 0.6) is 0 Å². The van der Waals surface area contributed by atoms with E-state index >= 15 is 0 Å². The van der Waals surface area contributed by atoms with Gasteiger partial charge in [0.15, 0.2) is 0 Å². The molecule has 0 unspecified atom stereocenters. The lowest BCUT2D eigenvalue weighted by Crippen LogP contribution is -1.90. The third kappa shape index (κ3) is 10.5. The normalized spacial score (nSPS) is 12.4. The fourth-order valence-electron chi connectivity index (χ4n) is 0.569. The predicted octanol–water partition coefficient (Wildman–Crippen LogP) is 2.47. The van der Waals surface area contributed by atoms with Gasteiger partial charge >= 0.3 is 5.97 Å². The zero-order valence-electron chi connectivity index (χ0n) is 7.64. The monoisotopic (exact) mass is 182 g/mol. The summed E-state index contributed by atoms with van der Waals surface area (Å²) < 4.78 is 4.77. The summed E-state index contributed by atoms with van der Waals surface area (Å²) in [6, 6.07) is 0. The van der Waals surface area contributed by atoms with Crippen LogP contribution in [0.25, 0.3) is 0 Å². The molecule has 0 radical (unpaired) electrons. The first-order valence-electron chi connectivity index (χ1n) is 4.13. The lowest BCUT2D eigenvalue weighted by atomic mass is 10.4. The molecule has 0 aliphatic carbocycles. The zero-order chi connectivity index (χ0) is 9.94. The van der Waals surface area contributed by atoms with Crippen molar-refractivity contribution in [2.45, 2.75) is 19.8 Å². The van der Waals surface area contributed by atoms with Crippen molar-refractivity contribution in [1.29, 1.82) is 0 Å². The van der Waals surface area contributed by atoms with Crippen LogP contribution in [-0.4, -0.2) is 11.1 Å². The van der Waals surface area contributed by atoms with Crippen LogP contribution in [0.1, 0.15) is 19.8 Å². The maximum atomic E-state index is 9.60. The Morgan fingerprint density at radius 3 is 2.08 bits per heavy atom. The lowest BCUT2D eigenvalue weighted by molar-refractivity contribution is -0.137. The van der Waals surface area contributed by atoms with Gasteiger partial charge in [-0.15, -0.1) is 0 Å². The first kappa shape index (κ1) is 11.5. The van der Waals surface area contributed by atoms with Gasteiger partial charge in [-0.25, -0.2) is 0 Å². The third-order valence-electron chi connectivity index (χ3n) is 1.11. The highest BCUT2D eigenvalue weighted by Crippen LogP contribution is 1.88. The first-order chi connectivity index (χ1) is 6.27. The molecule has 3 heteroatoms. The lowest BCUT2D eigenvalue weighted by Gasteiger charge is -1.79. The Labute approximate surface area is 78.0 Å². The highest BCUT2D eigenvalue weighted by atomic mass is 16.5. The minimum Gasteiger partial charge on any atom is -0.481 e. The number of aliphatic carboxylic acids is 1. The van der Waals surface area contributed by atoms with E-state index in [0.717, 1.165) is 6.42 Å². The van der Waals surface area contributed by atoms with Crippen molar-refractivity contribution >= 4 is 5.97 Å². The van der Waals surface area contributed by atoms with Crippen molar-refractivity contribution in [3.8, 4) is 0 Å². The third-order valence-corrected chi connectivity index (χ3v) is 1.11. The average molecular weight is 182 g/mol. The summed E-state index contributed by atoms with van der Waals surface area (Å²) in [6.45, 7) is 1.84. The molecular formula is C10H14O3. The van der Waals surface area contributed by atoms with Gasteiger partial charge < -0.3 is 9.84 Å². The number of ether oxygens (including phenoxy) is 1. The van der Waals surface area contributed by atoms with Crippen LogP contribution in [0.4, 0.5) is 0 Å². The van der Waals surface area contributed by atoms with Gasteiger partial charge in [0.25, 0.3) is 0 Å². The molecular weight excluding hydrogens is 168 g/mol. The number of carbonyl (C=O) groups is 1. The van der Waals surface area contributed by atoms with Gasteiger partial charge in [-0.1, -0.05) is 19.1 Å². The van der Waals surface area contributed by atoms with Gasteiger partial charge in [-0.05, 0) is 18.6 Å². The van der Waals surface area contributed by atoms with E-state index in [1.54, 1.807) is 12.5 Å². The molecule has 0 atom stereocenters. The summed E-state index contributed by atoms with van der Waals surface area (Å²) in [6.07, 6.45) is 11.8. The predicted molar refractivity (Wildman–Crippen MR) is 51.0 cm³/mol. The van der Waals surface area contributed by atoms with Crippen LogP contribution in [0.3, 0.4) is 0 Å². The molecule has 1 aliphatic rings. The smallest absolute Gasteiger partial charge is 0.303 e. The Balaban J connectivity index is 0.000000226. The highest BCUT2D eigenvalue weighted by molar-refractivity contribution is 5.66. The standard InChI is InChI=1S/C6H6O.C4H8O2/c1-2-4-6-7-5-3-1;1-2-3-4(5)6/h1-6H;2-3H2,1H3,(H,5,6). The van der Waals surface area contributed by atoms with E-state index in [9.17, 15) is 4.79 Å². The fraction of sp³-hybridized carbons (Fsp3) is 0.300. The zero-order valence-corrected chi connectivity index (χ0v) is 7.64. The number of allylic oxidation sites excluding steroid dienone is 4. The van der Waals surface area contributed by atoms with Crippen LogP contribution >= 0.6 is 0 Å². The second kappa shape index (κ2) is 8.59. The molecule has 0 aromatic rings. The molecule has 72 valence electrons. The number of carboxylic acids is 1. The highest BCUT2D eigenvalue weighted by Gasteiger charge is 1.87.